The monoisotopic (exact) mass is 328 g/mol. The van der Waals surface area contributed by atoms with E-state index in [1.165, 1.54) is 38.0 Å². The Bertz CT molecular complexity index is 442. The van der Waals surface area contributed by atoms with Crippen molar-refractivity contribution in [3.8, 4) is 0 Å². The van der Waals surface area contributed by atoms with Crippen LogP contribution in [0.25, 0.3) is 0 Å². The summed E-state index contributed by atoms with van der Waals surface area (Å²) in [6.45, 7) is 9.21. The molecular formula is C17H26Cl2N2. The minimum absolute atomic E-state index is 0.579. The Morgan fingerprint density at radius 1 is 1.29 bits per heavy atom. The fourth-order valence-corrected chi connectivity index (χ4v) is 3.60. The number of nitrogens with one attached hydrogen (secondary N) is 1. The van der Waals surface area contributed by atoms with Gasteiger partial charge >= 0.3 is 0 Å². The number of nitrogens with zero attached hydrogens (tertiary/aromatic N) is 1. The molecule has 118 valence electrons. The second kappa shape index (κ2) is 8.38. The smallest absolute Gasteiger partial charge is 0.0453 e. The number of piperidine rings is 1. The van der Waals surface area contributed by atoms with E-state index in [4.69, 9.17) is 23.2 Å². The third-order valence-electron chi connectivity index (χ3n) is 4.66. The lowest BCUT2D eigenvalue weighted by Gasteiger charge is -2.34. The molecule has 1 unspecified atom stereocenters. The number of hydrogen-bond acceptors (Lipinski definition) is 2. The van der Waals surface area contributed by atoms with E-state index in [2.05, 4.69) is 24.1 Å². The van der Waals surface area contributed by atoms with Gasteiger partial charge in [0.1, 0.15) is 0 Å². The number of likely N-dealkylation sites (tertiary alicyclic amines) is 1. The van der Waals surface area contributed by atoms with Crippen molar-refractivity contribution in [1.82, 2.24) is 10.2 Å². The average Bonchev–Trinajstić information content (AvgIpc) is 2.49. The second-order valence-electron chi connectivity index (χ2n) is 6.00. The van der Waals surface area contributed by atoms with Gasteiger partial charge in [0.15, 0.2) is 0 Å². The topological polar surface area (TPSA) is 15.3 Å². The van der Waals surface area contributed by atoms with Crippen molar-refractivity contribution in [2.75, 3.05) is 26.2 Å². The van der Waals surface area contributed by atoms with Gasteiger partial charge in [0.25, 0.3) is 0 Å². The third kappa shape index (κ3) is 5.14. The van der Waals surface area contributed by atoms with E-state index in [0.29, 0.717) is 11.1 Å². The molecule has 1 heterocycles. The molecule has 0 amide bonds. The number of halogens is 2. The molecule has 1 aromatic carbocycles. The molecule has 1 aromatic rings. The number of benzene rings is 1. The first-order valence-electron chi connectivity index (χ1n) is 7.99. The van der Waals surface area contributed by atoms with Crippen LogP contribution in [0, 0.1) is 5.92 Å². The Morgan fingerprint density at radius 3 is 2.62 bits per heavy atom. The molecule has 4 heteroatoms. The largest absolute Gasteiger partial charge is 0.314 e. The van der Waals surface area contributed by atoms with Gasteiger partial charge in [0, 0.05) is 16.1 Å². The van der Waals surface area contributed by atoms with Crippen LogP contribution in [0.5, 0.6) is 0 Å². The first kappa shape index (κ1) is 17.1. The van der Waals surface area contributed by atoms with E-state index in [1.807, 2.05) is 18.2 Å². The van der Waals surface area contributed by atoms with Gasteiger partial charge in [-0.15, -0.1) is 0 Å². The Labute approximate surface area is 138 Å². The van der Waals surface area contributed by atoms with Crippen LogP contribution < -0.4 is 5.32 Å². The molecule has 21 heavy (non-hydrogen) atoms. The van der Waals surface area contributed by atoms with E-state index in [-0.39, 0.29) is 0 Å². The highest BCUT2D eigenvalue weighted by Crippen LogP contribution is 2.22. The fraction of sp³-hybridized carbons (Fsp3) is 0.647. The van der Waals surface area contributed by atoms with E-state index in [0.717, 1.165) is 23.9 Å². The maximum atomic E-state index is 6.21. The number of hydrogen-bond donors (Lipinski definition) is 1. The predicted molar refractivity (Wildman–Crippen MR) is 92.5 cm³/mol. The van der Waals surface area contributed by atoms with Gasteiger partial charge in [0.2, 0.25) is 0 Å². The summed E-state index contributed by atoms with van der Waals surface area (Å²) in [5.41, 5.74) is 1.17. The summed E-state index contributed by atoms with van der Waals surface area (Å²) in [6, 6.07) is 6.33. The highest BCUT2D eigenvalue weighted by molar-refractivity contribution is 6.35. The van der Waals surface area contributed by atoms with Gasteiger partial charge in [-0.1, -0.05) is 36.2 Å². The van der Waals surface area contributed by atoms with Crippen LogP contribution in [0.15, 0.2) is 18.2 Å². The van der Waals surface area contributed by atoms with Crippen molar-refractivity contribution in [2.24, 2.45) is 5.92 Å². The first-order valence-corrected chi connectivity index (χ1v) is 8.75. The van der Waals surface area contributed by atoms with Gasteiger partial charge in [-0.25, -0.2) is 0 Å². The average molecular weight is 329 g/mol. The molecule has 0 aromatic heterocycles. The van der Waals surface area contributed by atoms with Crippen molar-refractivity contribution < 1.29 is 0 Å². The summed E-state index contributed by atoms with van der Waals surface area (Å²) in [5.74, 6) is 0.800. The summed E-state index contributed by atoms with van der Waals surface area (Å²) in [4.78, 5) is 2.54. The minimum Gasteiger partial charge on any atom is -0.314 e. The highest BCUT2D eigenvalue weighted by Gasteiger charge is 2.22. The summed E-state index contributed by atoms with van der Waals surface area (Å²) >= 11 is 12.1. The van der Waals surface area contributed by atoms with Crippen molar-refractivity contribution in [2.45, 2.75) is 39.2 Å². The van der Waals surface area contributed by atoms with Crippen LogP contribution >= 0.6 is 23.2 Å². The predicted octanol–water partition coefficient (Wildman–Crippen LogP) is 4.25. The third-order valence-corrected chi connectivity index (χ3v) is 5.25. The van der Waals surface area contributed by atoms with Crippen molar-refractivity contribution in [3.05, 3.63) is 33.8 Å². The first-order chi connectivity index (χ1) is 10.1. The highest BCUT2D eigenvalue weighted by atomic mass is 35.5. The van der Waals surface area contributed by atoms with Crippen LogP contribution in [-0.2, 0) is 6.42 Å². The van der Waals surface area contributed by atoms with Crippen LogP contribution in [0.3, 0.4) is 0 Å². The fourth-order valence-electron chi connectivity index (χ4n) is 3.09. The lowest BCUT2D eigenvalue weighted by atomic mass is 9.90. The van der Waals surface area contributed by atoms with Crippen LogP contribution in [-0.4, -0.2) is 37.1 Å². The maximum absolute atomic E-state index is 6.21. The molecule has 0 spiro atoms. The Hall–Kier alpha value is -0.280. The Balaban J connectivity index is 1.73. The van der Waals surface area contributed by atoms with E-state index in [9.17, 15) is 0 Å². The lowest BCUT2D eigenvalue weighted by molar-refractivity contribution is 0.169. The Kier molecular flexibility index (Phi) is 6.81. The molecule has 0 bridgehead atoms. The zero-order valence-corrected chi connectivity index (χ0v) is 14.6. The maximum Gasteiger partial charge on any atom is 0.0453 e. The molecule has 0 aliphatic carbocycles. The quantitative estimate of drug-likeness (QED) is 0.839. The lowest BCUT2D eigenvalue weighted by Crippen LogP contribution is -2.42. The van der Waals surface area contributed by atoms with Gasteiger partial charge < -0.3 is 10.2 Å². The molecule has 1 aliphatic rings. The minimum atomic E-state index is 0.579. The van der Waals surface area contributed by atoms with E-state index in [1.54, 1.807) is 0 Å². The zero-order chi connectivity index (χ0) is 15.2. The van der Waals surface area contributed by atoms with Gasteiger partial charge in [-0.05, 0) is 76.0 Å². The van der Waals surface area contributed by atoms with E-state index >= 15 is 0 Å². The molecule has 1 aliphatic heterocycles. The molecule has 2 nitrogen and oxygen atoms in total. The van der Waals surface area contributed by atoms with Gasteiger partial charge in [0.05, 0.1) is 0 Å². The Morgan fingerprint density at radius 2 is 2.00 bits per heavy atom. The van der Waals surface area contributed by atoms with Crippen molar-refractivity contribution in [1.29, 1.82) is 0 Å². The SMILES string of the molecule is CCN1CCC(C(C)NCCc2ccc(Cl)cc2Cl)CC1. The molecule has 1 saturated heterocycles. The summed E-state index contributed by atoms with van der Waals surface area (Å²) in [6.07, 6.45) is 3.57. The molecular weight excluding hydrogens is 303 g/mol. The molecule has 1 fully saturated rings. The van der Waals surface area contributed by atoms with E-state index < -0.39 is 0 Å². The summed E-state index contributed by atoms with van der Waals surface area (Å²) < 4.78 is 0. The van der Waals surface area contributed by atoms with Gasteiger partial charge in [-0.3, -0.25) is 0 Å². The van der Waals surface area contributed by atoms with Crippen molar-refractivity contribution >= 4 is 23.2 Å². The summed E-state index contributed by atoms with van der Waals surface area (Å²) in [7, 11) is 0. The van der Waals surface area contributed by atoms with Crippen molar-refractivity contribution in [3.63, 3.8) is 0 Å². The molecule has 1 atom stereocenters. The molecule has 2 rings (SSSR count). The number of rotatable bonds is 6. The molecule has 0 saturated carbocycles. The molecule has 1 N–H and O–H groups in total. The van der Waals surface area contributed by atoms with Crippen LogP contribution in [0.2, 0.25) is 10.0 Å². The zero-order valence-electron chi connectivity index (χ0n) is 13.0. The standard InChI is InChI=1S/C17H26Cl2N2/c1-3-21-10-7-14(8-11-21)13(2)20-9-6-15-4-5-16(18)12-17(15)19/h4-5,12-14,20H,3,6-11H2,1-2H3. The molecule has 0 radical (unpaired) electrons. The van der Waals surface area contributed by atoms with Crippen LogP contribution in [0.4, 0.5) is 0 Å². The summed E-state index contributed by atoms with van der Waals surface area (Å²) in [5, 5.41) is 5.14. The van der Waals surface area contributed by atoms with Crippen LogP contribution in [0.1, 0.15) is 32.3 Å². The second-order valence-corrected chi connectivity index (χ2v) is 6.84. The van der Waals surface area contributed by atoms with Gasteiger partial charge in [-0.2, -0.15) is 0 Å². The normalized spacial score (nSPS) is 18.9.